The number of allylic oxidation sites excluding steroid dienone is 11. The highest BCUT2D eigenvalue weighted by Gasteiger charge is 2.11. The number of rotatable bonds is 23. The fraction of sp³-hybridized carbons (Fsp3) is 0.364. The summed E-state index contributed by atoms with van der Waals surface area (Å²) in [6, 6.07) is 3.88. The number of carbonyl (C=O) groups excluding carboxylic acids is 2. The number of anilines is 1. The summed E-state index contributed by atoms with van der Waals surface area (Å²) in [6.07, 6.45) is 31.9. The average molecular weight is 645 g/mol. The molecule has 7 nitrogen and oxygen atoms in total. The van der Waals surface area contributed by atoms with Crippen molar-refractivity contribution in [3.05, 3.63) is 96.7 Å². The van der Waals surface area contributed by atoms with E-state index in [4.69, 9.17) is 5.11 Å². The average Bonchev–Trinajstić information content (AvgIpc) is 2.98. The normalized spacial score (nSPS) is 12.1. The third-order valence-corrected chi connectivity index (χ3v) is 8.50. The maximum absolute atomic E-state index is 12.0. The summed E-state index contributed by atoms with van der Waals surface area (Å²) < 4.78 is 0. The lowest BCUT2D eigenvalue weighted by Gasteiger charge is -2.07. The predicted molar refractivity (Wildman–Crippen MR) is 187 cm³/mol. The van der Waals surface area contributed by atoms with Gasteiger partial charge in [0, 0.05) is 23.7 Å². The maximum Gasteiger partial charge on any atom is 0.339 e. The van der Waals surface area contributed by atoms with Crippen LogP contribution in [0.4, 0.5) is 5.69 Å². The maximum atomic E-state index is 12.0. The number of nitrogens with one attached hydrogen (secondary N) is 2. The molecule has 0 aliphatic heterocycles. The smallest absolute Gasteiger partial charge is 0.339 e. The molecule has 234 valence electrons. The molecule has 10 heteroatoms. The quantitative estimate of drug-likeness (QED) is 0.0411. The van der Waals surface area contributed by atoms with E-state index in [9.17, 15) is 19.5 Å². The van der Waals surface area contributed by atoms with Crippen LogP contribution in [-0.2, 0) is 9.59 Å². The first kappa shape index (κ1) is 37.9. The molecule has 0 heterocycles. The molecule has 0 bridgehead atoms. The number of carboxylic acids is 1. The van der Waals surface area contributed by atoms with Gasteiger partial charge in [-0.1, -0.05) is 101 Å². The van der Waals surface area contributed by atoms with Crippen LogP contribution < -0.4 is 10.6 Å². The van der Waals surface area contributed by atoms with Crippen molar-refractivity contribution in [3.8, 4) is 5.75 Å². The number of aromatic hydroxyl groups is 1. The van der Waals surface area contributed by atoms with Gasteiger partial charge in [-0.05, 0) is 56.7 Å². The Morgan fingerprint density at radius 2 is 1.30 bits per heavy atom. The number of carbonyl (C=O) groups is 3. The van der Waals surface area contributed by atoms with Crippen LogP contribution in [0, 0.1) is 0 Å². The molecular weight excluding hydrogens is 601 g/mol. The largest absolute Gasteiger partial charge is 0.507 e. The molecule has 43 heavy (non-hydrogen) atoms. The van der Waals surface area contributed by atoms with Gasteiger partial charge in [-0.2, -0.15) is 0 Å². The predicted octanol–water partition coefficient (Wildman–Crippen LogP) is 7.96. The SMILES string of the molecule is CC/C=C\C/C=C\C/C=C\C/C=C\C/C=C\C/C=C\CSCC(=O)NCCSSCC(=O)Nc1ccc(O)c(C(=O)O)c1. The molecule has 0 radical (unpaired) electrons. The molecule has 0 saturated carbocycles. The standard InChI is InChI=1S/C33H44N2O5S3/c1-2-3-4-5-6-7-8-9-10-11-12-13-14-15-16-17-18-19-23-41-26-31(37)34-22-24-42-43-27-32(38)35-28-20-21-30(36)29(25-28)33(39)40/h3-4,6-7,9-10,12-13,15-16,18-21,25,36H,2,5,8,11,14,17,22-24,26-27H2,1H3,(H,34,37)(H,35,38)(H,39,40)/b4-3-,7-6-,10-9-,13-12-,16-15-,19-18-. The molecule has 0 aliphatic carbocycles. The molecule has 2 amide bonds. The summed E-state index contributed by atoms with van der Waals surface area (Å²) in [5, 5.41) is 24.0. The van der Waals surface area contributed by atoms with Gasteiger partial charge in [0.1, 0.15) is 11.3 Å². The Balaban J connectivity index is 1.98. The summed E-state index contributed by atoms with van der Waals surface area (Å²) in [6.45, 7) is 2.66. The molecular formula is C33H44N2O5S3. The van der Waals surface area contributed by atoms with E-state index in [1.54, 1.807) is 11.8 Å². The van der Waals surface area contributed by atoms with Gasteiger partial charge in [0.25, 0.3) is 0 Å². The van der Waals surface area contributed by atoms with E-state index in [1.165, 1.54) is 39.8 Å². The Morgan fingerprint density at radius 3 is 1.86 bits per heavy atom. The van der Waals surface area contributed by atoms with Crippen molar-refractivity contribution in [3.63, 3.8) is 0 Å². The Labute approximate surface area is 268 Å². The zero-order valence-corrected chi connectivity index (χ0v) is 27.2. The first-order valence-corrected chi connectivity index (χ1v) is 17.9. The van der Waals surface area contributed by atoms with Gasteiger partial charge in [0.05, 0.1) is 11.5 Å². The molecule has 1 aromatic rings. The van der Waals surface area contributed by atoms with Crippen LogP contribution in [0.25, 0.3) is 0 Å². The third-order valence-electron chi connectivity index (χ3n) is 5.34. The van der Waals surface area contributed by atoms with Crippen LogP contribution in [0.2, 0.25) is 0 Å². The Kier molecular flexibility index (Phi) is 23.4. The third kappa shape index (κ3) is 22.2. The van der Waals surface area contributed by atoms with Crippen LogP contribution in [0.5, 0.6) is 5.75 Å². The minimum absolute atomic E-state index is 0.0128. The van der Waals surface area contributed by atoms with Gasteiger partial charge in [-0.3, -0.25) is 9.59 Å². The van der Waals surface area contributed by atoms with Crippen molar-refractivity contribution in [2.75, 3.05) is 34.9 Å². The van der Waals surface area contributed by atoms with Gasteiger partial charge in [-0.15, -0.1) is 11.8 Å². The van der Waals surface area contributed by atoms with Gasteiger partial charge in [-0.25, -0.2) is 4.79 Å². The van der Waals surface area contributed by atoms with E-state index in [0.717, 1.165) is 44.3 Å². The highest BCUT2D eigenvalue weighted by Crippen LogP contribution is 2.23. The van der Waals surface area contributed by atoms with E-state index < -0.39 is 5.97 Å². The van der Waals surface area contributed by atoms with E-state index in [-0.39, 0.29) is 28.9 Å². The Bertz CT molecular complexity index is 1140. The molecule has 0 unspecified atom stereocenters. The second kappa shape index (κ2) is 26.5. The van der Waals surface area contributed by atoms with Crippen LogP contribution >= 0.6 is 33.3 Å². The van der Waals surface area contributed by atoms with E-state index in [2.05, 4.69) is 90.5 Å². The fourth-order valence-corrected chi connectivity index (χ4v) is 5.65. The van der Waals surface area contributed by atoms with Gasteiger partial charge in [0.15, 0.2) is 0 Å². The molecule has 0 fully saturated rings. The second-order valence-corrected chi connectivity index (χ2v) is 12.6. The first-order valence-electron chi connectivity index (χ1n) is 14.3. The lowest BCUT2D eigenvalue weighted by molar-refractivity contribution is -0.118. The van der Waals surface area contributed by atoms with Crippen molar-refractivity contribution >= 4 is 56.8 Å². The summed E-state index contributed by atoms with van der Waals surface area (Å²) in [4.78, 5) is 35.0. The summed E-state index contributed by atoms with van der Waals surface area (Å²) >= 11 is 1.56. The monoisotopic (exact) mass is 644 g/mol. The number of hydrogen-bond donors (Lipinski definition) is 4. The number of amides is 2. The van der Waals surface area contributed by atoms with Crippen molar-refractivity contribution in [1.29, 1.82) is 0 Å². The van der Waals surface area contributed by atoms with Crippen molar-refractivity contribution < 1.29 is 24.6 Å². The Morgan fingerprint density at radius 1 is 0.744 bits per heavy atom. The van der Waals surface area contributed by atoms with E-state index in [0.29, 0.717) is 23.7 Å². The molecule has 1 rings (SSSR count). The van der Waals surface area contributed by atoms with Gasteiger partial charge < -0.3 is 20.8 Å². The lowest BCUT2D eigenvalue weighted by Crippen LogP contribution is -2.27. The molecule has 0 aliphatic rings. The number of thioether (sulfide) groups is 1. The lowest BCUT2D eigenvalue weighted by atomic mass is 10.2. The molecule has 4 N–H and O–H groups in total. The number of phenols is 1. The highest BCUT2D eigenvalue weighted by molar-refractivity contribution is 8.76. The number of hydrogen-bond acceptors (Lipinski definition) is 7. The van der Waals surface area contributed by atoms with Crippen LogP contribution in [0.1, 0.15) is 55.8 Å². The van der Waals surface area contributed by atoms with Crippen molar-refractivity contribution in [2.45, 2.75) is 45.4 Å². The van der Waals surface area contributed by atoms with E-state index in [1.807, 2.05) is 0 Å². The second-order valence-electron chi connectivity index (χ2n) is 8.95. The first-order chi connectivity index (χ1) is 20.9. The fourth-order valence-electron chi connectivity index (χ4n) is 3.23. The van der Waals surface area contributed by atoms with Crippen LogP contribution in [-0.4, -0.2) is 57.6 Å². The summed E-state index contributed by atoms with van der Waals surface area (Å²) in [5.41, 5.74) is 0.0330. The van der Waals surface area contributed by atoms with Crippen molar-refractivity contribution in [2.24, 2.45) is 0 Å². The molecule has 1 aromatic carbocycles. The number of carboxylic acid groups (broad SMARTS) is 1. The summed E-state index contributed by atoms with van der Waals surface area (Å²) in [7, 11) is 2.81. The topological polar surface area (TPSA) is 116 Å². The molecule has 0 aromatic heterocycles. The molecule has 0 atom stereocenters. The molecule has 0 saturated heterocycles. The zero-order valence-electron chi connectivity index (χ0n) is 24.8. The van der Waals surface area contributed by atoms with Gasteiger partial charge >= 0.3 is 5.97 Å². The van der Waals surface area contributed by atoms with Crippen LogP contribution in [0.3, 0.4) is 0 Å². The minimum atomic E-state index is -1.27. The number of benzene rings is 1. The van der Waals surface area contributed by atoms with Crippen molar-refractivity contribution in [1.82, 2.24) is 5.32 Å². The Hall–Kier alpha value is -3.08. The number of aromatic carboxylic acids is 1. The highest BCUT2D eigenvalue weighted by atomic mass is 33.1. The minimum Gasteiger partial charge on any atom is -0.507 e. The zero-order chi connectivity index (χ0) is 31.4. The molecule has 0 spiro atoms. The summed E-state index contributed by atoms with van der Waals surface area (Å²) in [5.74, 6) is 0.0881. The van der Waals surface area contributed by atoms with Crippen LogP contribution in [0.15, 0.2) is 91.1 Å². The van der Waals surface area contributed by atoms with E-state index >= 15 is 0 Å². The van der Waals surface area contributed by atoms with Gasteiger partial charge in [0.2, 0.25) is 11.8 Å².